The van der Waals surface area contributed by atoms with E-state index < -0.39 is 10.2 Å². The van der Waals surface area contributed by atoms with E-state index in [9.17, 15) is 8.42 Å². The molecular weight excluding hydrogens is 372 g/mol. The summed E-state index contributed by atoms with van der Waals surface area (Å²) in [4.78, 5) is 4.03. The van der Waals surface area contributed by atoms with E-state index in [1.54, 1.807) is 24.5 Å². The van der Waals surface area contributed by atoms with Crippen molar-refractivity contribution in [2.24, 2.45) is 0 Å². The SMILES string of the molecule is C=C(Nc1c2c(cc3c1CCC3)CCC2)NS(=O)(=O)n1ccc2ccncc21. The number of aromatic nitrogens is 2. The van der Waals surface area contributed by atoms with Gasteiger partial charge >= 0.3 is 10.2 Å². The second-order valence-corrected chi connectivity index (χ2v) is 9.04. The number of aryl methyl sites for hydroxylation is 2. The summed E-state index contributed by atoms with van der Waals surface area (Å²) in [6.07, 6.45) is 11.2. The lowest BCUT2D eigenvalue weighted by atomic mass is 9.99. The van der Waals surface area contributed by atoms with Crippen LogP contribution in [-0.4, -0.2) is 17.4 Å². The second-order valence-electron chi connectivity index (χ2n) is 7.49. The van der Waals surface area contributed by atoms with Crippen molar-refractivity contribution >= 4 is 26.8 Å². The van der Waals surface area contributed by atoms with Gasteiger partial charge in [-0.25, -0.2) is 3.97 Å². The first-order valence-electron chi connectivity index (χ1n) is 9.60. The minimum atomic E-state index is -3.83. The maximum Gasteiger partial charge on any atom is 0.329 e. The standard InChI is InChI=1S/C21H22N4O2S/c1-14(24-28(26,27)25-11-9-15-8-10-22-13-20(15)25)23-21-18-6-2-4-16(18)12-17-5-3-7-19(17)21/h8-13,23-24H,1-7H2. The maximum atomic E-state index is 12.9. The molecule has 2 aliphatic rings. The molecule has 0 amide bonds. The molecule has 0 saturated heterocycles. The molecule has 5 rings (SSSR count). The van der Waals surface area contributed by atoms with Crippen molar-refractivity contribution in [3.63, 3.8) is 0 Å². The predicted octanol–water partition coefficient (Wildman–Crippen LogP) is 3.28. The van der Waals surface area contributed by atoms with Crippen LogP contribution in [-0.2, 0) is 35.9 Å². The van der Waals surface area contributed by atoms with Gasteiger partial charge in [0.1, 0.15) is 5.82 Å². The molecule has 0 atom stereocenters. The zero-order valence-electron chi connectivity index (χ0n) is 15.5. The third kappa shape index (κ3) is 2.77. The van der Waals surface area contributed by atoms with Crippen molar-refractivity contribution < 1.29 is 8.42 Å². The van der Waals surface area contributed by atoms with E-state index in [1.807, 2.05) is 0 Å². The average molecular weight is 395 g/mol. The lowest BCUT2D eigenvalue weighted by Crippen LogP contribution is -2.31. The molecule has 0 fully saturated rings. The number of nitrogens with one attached hydrogen (secondary N) is 2. The molecule has 0 spiro atoms. The highest BCUT2D eigenvalue weighted by molar-refractivity contribution is 7.88. The van der Waals surface area contributed by atoms with Crippen LogP contribution in [0.5, 0.6) is 0 Å². The quantitative estimate of drug-likeness (QED) is 0.696. The Morgan fingerprint density at radius 3 is 2.50 bits per heavy atom. The van der Waals surface area contributed by atoms with Crippen molar-refractivity contribution in [1.29, 1.82) is 0 Å². The fourth-order valence-corrected chi connectivity index (χ4v) is 5.60. The summed E-state index contributed by atoms with van der Waals surface area (Å²) >= 11 is 0. The van der Waals surface area contributed by atoms with E-state index in [0.717, 1.165) is 49.6 Å². The summed E-state index contributed by atoms with van der Waals surface area (Å²) in [7, 11) is -3.83. The van der Waals surface area contributed by atoms with Crippen molar-refractivity contribution in [2.45, 2.75) is 38.5 Å². The summed E-state index contributed by atoms with van der Waals surface area (Å²) in [5.74, 6) is 0.264. The van der Waals surface area contributed by atoms with Gasteiger partial charge < -0.3 is 5.32 Å². The molecule has 0 unspecified atom stereocenters. The Bertz CT molecular complexity index is 1180. The Hall–Kier alpha value is -2.80. The molecule has 2 aliphatic carbocycles. The molecule has 2 N–H and O–H groups in total. The lowest BCUT2D eigenvalue weighted by Gasteiger charge is -2.19. The normalized spacial score (nSPS) is 15.4. The van der Waals surface area contributed by atoms with Gasteiger partial charge in [-0.1, -0.05) is 12.6 Å². The van der Waals surface area contributed by atoms with Crippen LogP contribution >= 0.6 is 0 Å². The van der Waals surface area contributed by atoms with E-state index in [-0.39, 0.29) is 5.82 Å². The van der Waals surface area contributed by atoms with E-state index in [2.05, 4.69) is 27.7 Å². The number of nitrogens with zero attached hydrogens (tertiary/aromatic N) is 2. The van der Waals surface area contributed by atoms with E-state index in [4.69, 9.17) is 0 Å². The van der Waals surface area contributed by atoms with E-state index in [1.165, 1.54) is 32.4 Å². The van der Waals surface area contributed by atoms with E-state index >= 15 is 0 Å². The third-order valence-electron chi connectivity index (χ3n) is 5.72. The van der Waals surface area contributed by atoms with Crippen LogP contribution in [0.4, 0.5) is 5.69 Å². The zero-order chi connectivity index (χ0) is 19.3. The Morgan fingerprint density at radius 2 is 1.79 bits per heavy atom. The molecule has 7 heteroatoms. The minimum Gasteiger partial charge on any atom is -0.341 e. The molecule has 0 bridgehead atoms. The average Bonchev–Trinajstić information content (AvgIpc) is 3.39. The number of benzene rings is 1. The van der Waals surface area contributed by atoms with Crippen LogP contribution < -0.4 is 10.0 Å². The van der Waals surface area contributed by atoms with E-state index in [0.29, 0.717) is 5.52 Å². The molecule has 2 aromatic heterocycles. The van der Waals surface area contributed by atoms with Gasteiger partial charge in [0, 0.05) is 23.5 Å². The molecule has 0 saturated carbocycles. The number of fused-ring (bicyclic) bond motifs is 3. The largest absolute Gasteiger partial charge is 0.341 e. The Balaban J connectivity index is 1.44. The molecule has 28 heavy (non-hydrogen) atoms. The fraction of sp³-hybridized carbons (Fsp3) is 0.286. The summed E-state index contributed by atoms with van der Waals surface area (Å²) < 4.78 is 29.6. The topological polar surface area (TPSA) is 76.0 Å². The molecular formula is C21H22N4O2S. The lowest BCUT2D eigenvalue weighted by molar-refractivity contribution is 0.581. The monoisotopic (exact) mass is 394 g/mol. The smallest absolute Gasteiger partial charge is 0.329 e. The maximum absolute atomic E-state index is 12.9. The van der Waals surface area contributed by atoms with Gasteiger partial charge in [0.25, 0.3) is 0 Å². The molecule has 6 nitrogen and oxygen atoms in total. The van der Waals surface area contributed by atoms with Crippen LogP contribution in [0.15, 0.2) is 49.2 Å². The first-order chi connectivity index (χ1) is 13.5. The van der Waals surface area contributed by atoms with Crippen LogP contribution in [0.25, 0.3) is 10.9 Å². The number of rotatable bonds is 5. The first-order valence-corrected chi connectivity index (χ1v) is 11.0. The van der Waals surface area contributed by atoms with Gasteiger partial charge in [0.05, 0.1) is 11.7 Å². The highest BCUT2D eigenvalue weighted by Crippen LogP contribution is 2.39. The summed E-state index contributed by atoms with van der Waals surface area (Å²) in [6, 6.07) is 5.89. The van der Waals surface area contributed by atoms with Crippen molar-refractivity contribution in [3.8, 4) is 0 Å². The Kier molecular flexibility index (Phi) is 3.94. The second kappa shape index (κ2) is 6.38. The van der Waals surface area contributed by atoms with Crippen molar-refractivity contribution in [1.82, 2.24) is 13.7 Å². The van der Waals surface area contributed by atoms with Gasteiger partial charge in [-0.05, 0) is 72.9 Å². The molecule has 3 aromatic rings. The van der Waals surface area contributed by atoms with Gasteiger partial charge in [-0.15, -0.1) is 0 Å². The molecule has 0 aliphatic heterocycles. The van der Waals surface area contributed by atoms with Crippen LogP contribution in [0.2, 0.25) is 0 Å². The van der Waals surface area contributed by atoms with Crippen molar-refractivity contribution in [3.05, 3.63) is 71.4 Å². The highest BCUT2D eigenvalue weighted by Gasteiger charge is 2.25. The van der Waals surface area contributed by atoms with Gasteiger partial charge in [0.15, 0.2) is 0 Å². The fourth-order valence-electron chi connectivity index (χ4n) is 4.51. The predicted molar refractivity (Wildman–Crippen MR) is 110 cm³/mol. The van der Waals surface area contributed by atoms with Gasteiger partial charge in [0.2, 0.25) is 0 Å². The number of pyridine rings is 1. The summed E-state index contributed by atoms with van der Waals surface area (Å²) in [6.45, 7) is 3.95. The molecule has 144 valence electrons. The van der Waals surface area contributed by atoms with Crippen LogP contribution in [0.3, 0.4) is 0 Å². The van der Waals surface area contributed by atoms with Crippen LogP contribution in [0.1, 0.15) is 35.1 Å². The van der Waals surface area contributed by atoms with Crippen molar-refractivity contribution in [2.75, 3.05) is 5.32 Å². The first kappa shape index (κ1) is 17.3. The molecule has 2 heterocycles. The van der Waals surface area contributed by atoms with Gasteiger partial charge in [-0.3, -0.25) is 9.71 Å². The molecule has 1 aromatic carbocycles. The Labute approximate surface area is 164 Å². The van der Waals surface area contributed by atoms with Crippen LogP contribution in [0, 0.1) is 0 Å². The number of anilines is 1. The Morgan fingerprint density at radius 1 is 1.07 bits per heavy atom. The summed E-state index contributed by atoms with van der Waals surface area (Å²) in [5.41, 5.74) is 7.01. The number of hydrogen-bond donors (Lipinski definition) is 2. The van der Waals surface area contributed by atoms with Gasteiger partial charge in [-0.2, -0.15) is 8.42 Å². The zero-order valence-corrected chi connectivity index (χ0v) is 16.3. The minimum absolute atomic E-state index is 0.264. The summed E-state index contributed by atoms with van der Waals surface area (Å²) in [5, 5.41) is 4.11. The molecule has 0 radical (unpaired) electrons. The third-order valence-corrected chi connectivity index (χ3v) is 7.06. The highest BCUT2D eigenvalue weighted by atomic mass is 32.2. The number of hydrogen-bond acceptors (Lipinski definition) is 4.